The first-order valence-corrected chi connectivity index (χ1v) is 5.05. The van der Waals surface area contributed by atoms with Crippen molar-refractivity contribution in [1.82, 2.24) is 4.98 Å². The van der Waals surface area contributed by atoms with E-state index in [1.54, 1.807) is 0 Å². The molecular weight excluding hydrogens is 304 g/mol. The Labute approximate surface area is 92.4 Å². The lowest BCUT2D eigenvalue weighted by Gasteiger charge is -1.99. The Hall–Kier alpha value is -0.0900. The Kier molecular flexibility index (Phi) is 3.53. The number of isothiocyanates is 1. The highest BCUT2D eigenvalue weighted by Crippen LogP contribution is 2.27. The minimum atomic E-state index is 0.561. The van der Waals surface area contributed by atoms with Gasteiger partial charge in [-0.1, -0.05) is 0 Å². The van der Waals surface area contributed by atoms with E-state index in [0.717, 1.165) is 14.6 Å². The molecule has 1 rings (SSSR count). The van der Waals surface area contributed by atoms with Gasteiger partial charge in [-0.15, -0.1) is 0 Å². The van der Waals surface area contributed by atoms with Crippen LogP contribution in [-0.2, 0) is 0 Å². The van der Waals surface area contributed by atoms with Gasteiger partial charge in [0.15, 0.2) is 5.82 Å². The average molecular weight is 308 g/mol. The van der Waals surface area contributed by atoms with Gasteiger partial charge in [0.05, 0.1) is 15.3 Å². The minimum absolute atomic E-state index is 0.561. The number of hydrogen-bond acceptors (Lipinski definition) is 3. The zero-order valence-electron chi connectivity index (χ0n) is 6.14. The third-order valence-corrected chi connectivity index (χ3v) is 2.72. The number of nitrogens with zero attached hydrogens (tertiary/aromatic N) is 2. The summed E-state index contributed by atoms with van der Waals surface area (Å²) < 4.78 is 1.75. The summed E-state index contributed by atoms with van der Waals surface area (Å²) in [6, 6.07) is 1.88. The van der Waals surface area contributed by atoms with Crippen LogP contribution in [0.4, 0.5) is 5.82 Å². The third-order valence-electron chi connectivity index (χ3n) is 1.24. The lowest BCUT2D eigenvalue weighted by atomic mass is 10.4. The molecule has 0 radical (unpaired) electrons. The Balaban J connectivity index is 3.32. The van der Waals surface area contributed by atoms with Gasteiger partial charge in [-0.25, -0.2) is 4.98 Å². The molecule has 0 saturated carbocycles. The summed E-state index contributed by atoms with van der Waals surface area (Å²) >= 11 is 11.1. The van der Waals surface area contributed by atoms with E-state index in [1.807, 2.05) is 13.0 Å². The summed E-state index contributed by atoms with van der Waals surface area (Å²) in [7, 11) is 0. The summed E-state index contributed by atoms with van der Waals surface area (Å²) in [6.07, 6.45) is 0. The van der Waals surface area contributed by atoms with Gasteiger partial charge in [0.2, 0.25) is 0 Å². The highest BCUT2D eigenvalue weighted by molar-refractivity contribution is 9.11. The van der Waals surface area contributed by atoms with Crippen LogP contribution in [0.25, 0.3) is 0 Å². The van der Waals surface area contributed by atoms with Crippen molar-refractivity contribution in [1.29, 1.82) is 0 Å². The fraction of sp³-hybridized carbons (Fsp3) is 0.143. The van der Waals surface area contributed by atoms with Crippen LogP contribution in [0.1, 0.15) is 5.69 Å². The fourth-order valence-electron chi connectivity index (χ4n) is 0.668. The molecule has 62 valence electrons. The molecule has 1 heterocycles. The van der Waals surface area contributed by atoms with Gasteiger partial charge < -0.3 is 0 Å². The van der Waals surface area contributed by atoms with Crippen molar-refractivity contribution in [2.24, 2.45) is 4.99 Å². The predicted octanol–water partition coefficient (Wildman–Crippen LogP) is 3.65. The number of aliphatic imine (C=N–C) groups is 1. The number of aromatic nitrogens is 1. The number of rotatable bonds is 1. The number of pyridine rings is 1. The van der Waals surface area contributed by atoms with Crippen LogP contribution in [0.5, 0.6) is 0 Å². The Morgan fingerprint density at radius 3 is 2.75 bits per heavy atom. The zero-order chi connectivity index (χ0) is 9.14. The maximum atomic E-state index is 4.48. The number of aryl methyl sites for hydroxylation is 1. The van der Waals surface area contributed by atoms with Crippen LogP contribution in [0.2, 0.25) is 0 Å². The first-order valence-electron chi connectivity index (χ1n) is 3.05. The molecule has 1 aromatic rings. The fourth-order valence-corrected chi connectivity index (χ4v) is 1.79. The van der Waals surface area contributed by atoms with E-state index in [9.17, 15) is 0 Å². The van der Waals surface area contributed by atoms with Crippen molar-refractivity contribution in [2.75, 3.05) is 0 Å². The van der Waals surface area contributed by atoms with Crippen molar-refractivity contribution in [3.8, 4) is 0 Å². The summed E-state index contributed by atoms with van der Waals surface area (Å²) in [6.45, 7) is 1.89. The molecule has 0 fully saturated rings. The molecular formula is C7H4Br2N2S. The van der Waals surface area contributed by atoms with Gasteiger partial charge in [-0.2, -0.15) is 4.99 Å². The summed E-state index contributed by atoms with van der Waals surface area (Å²) in [4.78, 5) is 7.97. The predicted molar refractivity (Wildman–Crippen MR) is 59.1 cm³/mol. The van der Waals surface area contributed by atoms with E-state index in [4.69, 9.17) is 0 Å². The van der Waals surface area contributed by atoms with Crippen LogP contribution in [0.3, 0.4) is 0 Å². The number of hydrogen-bond donors (Lipinski definition) is 0. The first-order chi connectivity index (χ1) is 5.65. The number of halogens is 2. The van der Waals surface area contributed by atoms with E-state index >= 15 is 0 Å². The first kappa shape index (κ1) is 9.99. The lowest BCUT2D eigenvalue weighted by Crippen LogP contribution is -1.83. The second kappa shape index (κ2) is 4.23. The highest BCUT2D eigenvalue weighted by atomic mass is 79.9. The highest BCUT2D eigenvalue weighted by Gasteiger charge is 2.03. The molecule has 0 atom stereocenters. The summed E-state index contributed by atoms with van der Waals surface area (Å²) in [5, 5.41) is 2.27. The maximum Gasteiger partial charge on any atom is 0.177 e. The maximum absolute atomic E-state index is 4.48. The van der Waals surface area contributed by atoms with Crippen molar-refractivity contribution in [3.05, 3.63) is 20.7 Å². The largest absolute Gasteiger partial charge is 0.231 e. The third kappa shape index (κ3) is 2.20. The molecule has 0 aliphatic heterocycles. The molecule has 0 aromatic carbocycles. The van der Waals surface area contributed by atoms with Gasteiger partial charge in [-0.05, 0) is 57.1 Å². The van der Waals surface area contributed by atoms with E-state index in [1.165, 1.54) is 0 Å². The average Bonchev–Trinajstić information content (AvgIpc) is 2.01. The van der Waals surface area contributed by atoms with Gasteiger partial charge in [0.25, 0.3) is 0 Å². The number of thiocarbonyl (C=S) groups is 1. The summed E-state index contributed by atoms with van der Waals surface area (Å²) in [5.74, 6) is 0.561. The van der Waals surface area contributed by atoms with Gasteiger partial charge >= 0.3 is 0 Å². The van der Waals surface area contributed by atoms with Crippen LogP contribution < -0.4 is 0 Å². The Bertz CT molecular complexity index is 359. The van der Waals surface area contributed by atoms with Crippen molar-refractivity contribution in [2.45, 2.75) is 6.92 Å². The summed E-state index contributed by atoms with van der Waals surface area (Å²) in [5.41, 5.74) is 0.877. The smallest absolute Gasteiger partial charge is 0.177 e. The normalized spacial score (nSPS) is 9.25. The zero-order valence-corrected chi connectivity index (χ0v) is 10.1. The molecule has 0 saturated heterocycles. The molecule has 0 spiro atoms. The SMILES string of the molecule is Cc1nc(N=C=S)c(Br)cc1Br. The molecule has 0 bridgehead atoms. The second-order valence-corrected chi connectivity index (χ2v) is 3.96. The topological polar surface area (TPSA) is 25.2 Å². The van der Waals surface area contributed by atoms with Crippen molar-refractivity contribution < 1.29 is 0 Å². The van der Waals surface area contributed by atoms with E-state index < -0.39 is 0 Å². The Morgan fingerprint density at radius 1 is 1.50 bits per heavy atom. The molecule has 1 aromatic heterocycles. The van der Waals surface area contributed by atoms with Crippen LogP contribution in [-0.4, -0.2) is 10.1 Å². The molecule has 12 heavy (non-hydrogen) atoms. The second-order valence-electron chi connectivity index (χ2n) is 2.06. The standard InChI is InChI=1S/C7H4Br2N2S/c1-4-5(8)2-6(9)7(11-4)10-3-12/h2H,1H3. The van der Waals surface area contributed by atoms with Gasteiger partial charge in [0.1, 0.15) is 0 Å². The molecule has 0 unspecified atom stereocenters. The monoisotopic (exact) mass is 306 g/mol. The Morgan fingerprint density at radius 2 is 2.17 bits per heavy atom. The van der Waals surface area contributed by atoms with Crippen LogP contribution in [0.15, 0.2) is 20.0 Å². The van der Waals surface area contributed by atoms with E-state index in [0.29, 0.717) is 5.82 Å². The molecule has 0 N–H and O–H groups in total. The minimum Gasteiger partial charge on any atom is -0.231 e. The van der Waals surface area contributed by atoms with E-state index in [2.05, 4.69) is 59.2 Å². The quantitative estimate of drug-likeness (QED) is 0.584. The van der Waals surface area contributed by atoms with Crippen molar-refractivity contribution >= 4 is 55.1 Å². The molecule has 2 nitrogen and oxygen atoms in total. The van der Waals surface area contributed by atoms with Crippen molar-refractivity contribution in [3.63, 3.8) is 0 Å². The molecule has 5 heteroatoms. The molecule has 0 aliphatic carbocycles. The van der Waals surface area contributed by atoms with Crippen LogP contribution in [0, 0.1) is 6.92 Å². The lowest BCUT2D eigenvalue weighted by molar-refractivity contribution is 1.15. The van der Waals surface area contributed by atoms with E-state index in [-0.39, 0.29) is 0 Å². The van der Waals surface area contributed by atoms with Gasteiger partial charge in [-0.3, -0.25) is 0 Å². The molecule has 0 aliphatic rings. The van der Waals surface area contributed by atoms with Crippen LogP contribution >= 0.6 is 44.1 Å². The van der Waals surface area contributed by atoms with Gasteiger partial charge in [0, 0.05) is 4.47 Å². The molecule has 0 amide bonds.